The summed E-state index contributed by atoms with van der Waals surface area (Å²) >= 11 is 11.4. The van der Waals surface area contributed by atoms with E-state index in [1.165, 1.54) is 0 Å². The van der Waals surface area contributed by atoms with Gasteiger partial charge in [0.2, 0.25) is 5.78 Å². The molecule has 0 saturated heterocycles. The number of aliphatic carboxylic acids is 1. The van der Waals surface area contributed by atoms with Crippen LogP contribution in [-0.2, 0) is 11.2 Å². The van der Waals surface area contributed by atoms with Crippen molar-refractivity contribution >= 4 is 45.9 Å². The number of carboxylic acid groups (broad SMARTS) is 1. The number of rotatable bonds is 4. The molecule has 0 fully saturated rings. The molecule has 21 heavy (non-hydrogen) atoms. The Morgan fingerprint density at radius 3 is 2.48 bits per heavy atom. The van der Waals surface area contributed by atoms with Crippen LogP contribution in [0, 0.1) is 6.92 Å². The topological polar surface area (TPSA) is 70.2 Å². The smallest absolute Gasteiger partial charge is 0.349 e. The average molecular weight is 326 g/mol. The van der Waals surface area contributed by atoms with Crippen LogP contribution in [0.2, 0.25) is 0 Å². The van der Waals surface area contributed by atoms with Gasteiger partial charge in [0.25, 0.3) is 0 Å². The van der Waals surface area contributed by atoms with Crippen molar-refractivity contribution in [3.05, 3.63) is 45.1 Å². The number of aryl methyl sites for hydroxylation is 2. The number of benzene rings is 1. The molecule has 0 aliphatic heterocycles. The summed E-state index contributed by atoms with van der Waals surface area (Å²) in [5.41, 5.74) is 2.87. The molecule has 1 aromatic heterocycles. The van der Waals surface area contributed by atoms with E-state index < -0.39 is 21.8 Å². The molecule has 6 heteroatoms. The van der Waals surface area contributed by atoms with E-state index in [2.05, 4.69) is 4.98 Å². The average Bonchev–Trinajstić information content (AvgIpc) is 2.82. The zero-order valence-corrected chi connectivity index (χ0v) is 13.0. The van der Waals surface area contributed by atoms with E-state index >= 15 is 0 Å². The van der Waals surface area contributed by atoms with Gasteiger partial charge in [0.15, 0.2) is 0 Å². The van der Waals surface area contributed by atoms with Crippen molar-refractivity contribution in [1.29, 1.82) is 0 Å². The van der Waals surface area contributed by atoms with Gasteiger partial charge in [-0.05, 0) is 25.5 Å². The Balaban J connectivity index is 2.70. The van der Waals surface area contributed by atoms with Gasteiger partial charge in [0, 0.05) is 16.6 Å². The monoisotopic (exact) mass is 325 g/mol. The maximum absolute atomic E-state index is 12.5. The van der Waals surface area contributed by atoms with E-state index in [-0.39, 0.29) is 0 Å². The van der Waals surface area contributed by atoms with Crippen LogP contribution in [-0.4, -0.2) is 21.8 Å². The predicted molar refractivity (Wildman–Crippen MR) is 83.1 cm³/mol. The van der Waals surface area contributed by atoms with Gasteiger partial charge >= 0.3 is 5.97 Å². The Morgan fingerprint density at radius 2 is 1.90 bits per heavy atom. The first-order valence-corrected chi connectivity index (χ1v) is 7.06. The van der Waals surface area contributed by atoms with Gasteiger partial charge in [-0.15, -0.1) is 0 Å². The molecule has 0 unspecified atom stereocenters. The summed E-state index contributed by atoms with van der Waals surface area (Å²) in [5, 5.41) is 8.40. The van der Waals surface area contributed by atoms with Crippen LogP contribution in [0.4, 0.5) is 0 Å². The van der Waals surface area contributed by atoms with Gasteiger partial charge in [-0.2, -0.15) is 0 Å². The maximum atomic E-state index is 12.5. The molecule has 2 N–H and O–H groups in total. The Bertz CT molecular complexity index is 775. The molecule has 0 spiro atoms. The number of Topliss-reactive ketones (excluding diaryl/α,β-unsaturated/α-hetero) is 1. The molecule has 110 valence electrons. The summed E-state index contributed by atoms with van der Waals surface area (Å²) in [6.45, 7) is 3.80. The molecule has 0 atom stereocenters. The van der Waals surface area contributed by atoms with Gasteiger partial charge in [-0.1, -0.05) is 41.8 Å². The number of nitrogens with one attached hydrogen (secondary N) is 1. The Morgan fingerprint density at radius 1 is 1.24 bits per heavy atom. The molecule has 0 aliphatic rings. The third-order valence-corrected chi connectivity index (χ3v) is 4.00. The van der Waals surface area contributed by atoms with Crippen molar-refractivity contribution in [2.75, 3.05) is 0 Å². The van der Waals surface area contributed by atoms with E-state index in [1.54, 1.807) is 0 Å². The number of aromatic amines is 1. The standard InChI is InChI=1S/C15H13Cl2NO3/c1-3-9-11(14(19)12(16)13(17)15(20)21)8-6-7(2)4-5-10(8)18-9/h4-6,18H,3H2,1-2H3,(H,20,21)/b13-12+. The van der Waals surface area contributed by atoms with Crippen LogP contribution in [0.25, 0.3) is 10.9 Å². The number of carbonyl (C=O) groups excluding carboxylic acids is 1. The van der Waals surface area contributed by atoms with Crippen molar-refractivity contribution in [1.82, 2.24) is 4.98 Å². The summed E-state index contributed by atoms with van der Waals surface area (Å²) in [7, 11) is 0. The molecule has 2 rings (SSSR count). The van der Waals surface area contributed by atoms with Gasteiger partial charge in [0.05, 0.1) is 5.56 Å². The van der Waals surface area contributed by atoms with E-state index in [4.69, 9.17) is 28.3 Å². The lowest BCUT2D eigenvalue weighted by Crippen LogP contribution is -2.07. The molecular weight excluding hydrogens is 313 g/mol. The fraction of sp³-hybridized carbons (Fsp3) is 0.200. The highest BCUT2D eigenvalue weighted by molar-refractivity contribution is 6.55. The fourth-order valence-electron chi connectivity index (χ4n) is 2.19. The molecular formula is C15H13Cl2NO3. The first kappa shape index (κ1) is 15.6. The van der Waals surface area contributed by atoms with E-state index in [0.29, 0.717) is 23.1 Å². The second kappa shape index (κ2) is 5.92. The highest BCUT2D eigenvalue weighted by Crippen LogP contribution is 2.29. The molecule has 0 radical (unpaired) electrons. The van der Waals surface area contributed by atoms with Crippen molar-refractivity contribution in [2.24, 2.45) is 0 Å². The van der Waals surface area contributed by atoms with E-state index in [9.17, 15) is 9.59 Å². The van der Waals surface area contributed by atoms with Crippen LogP contribution in [0.15, 0.2) is 28.3 Å². The minimum absolute atomic E-state index is 0.376. The number of hydrogen-bond acceptors (Lipinski definition) is 2. The first-order valence-electron chi connectivity index (χ1n) is 6.31. The molecule has 4 nitrogen and oxygen atoms in total. The summed E-state index contributed by atoms with van der Waals surface area (Å²) < 4.78 is 0. The zero-order valence-electron chi connectivity index (χ0n) is 11.5. The molecule has 1 aromatic carbocycles. The van der Waals surface area contributed by atoms with Crippen LogP contribution in [0.1, 0.15) is 28.5 Å². The van der Waals surface area contributed by atoms with E-state index in [1.807, 2.05) is 32.0 Å². The molecule has 0 bridgehead atoms. The van der Waals surface area contributed by atoms with Crippen molar-refractivity contribution in [2.45, 2.75) is 20.3 Å². The maximum Gasteiger partial charge on any atom is 0.349 e. The normalized spacial score (nSPS) is 12.4. The van der Waals surface area contributed by atoms with Crippen molar-refractivity contribution < 1.29 is 14.7 Å². The Kier molecular flexibility index (Phi) is 4.40. The largest absolute Gasteiger partial charge is 0.477 e. The minimum atomic E-state index is -1.43. The fourth-order valence-corrected chi connectivity index (χ4v) is 2.45. The third-order valence-electron chi connectivity index (χ3n) is 3.19. The number of fused-ring (bicyclic) bond motifs is 1. The summed E-state index contributed by atoms with van der Waals surface area (Å²) in [4.78, 5) is 26.5. The van der Waals surface area contributed by atoms with Gasteiger partial charge in [-0.25, -0.2) is 4.79 Å². The van der Waals surface area contributed by atoms with Crippen molar-refractivity contribution in [3.8, 4) is 0 Å². The van der Waals surface area contributed by atoms with E-state index in [0.717, 1.165) is 11.1 Å². The lowest BCUT2D eigenvalue weighted by Gasteiger charge is -2.03. The highest BCUT2D eigenvalue weighted by atomic mass is 35.5. The van der Waals surface area contributed by atoms with Gasteiger partial charge in [0.1, 0.15) is 10.1 Å². The van der Waals surface area contributed by atoms with Gasteiger partial charge < -0.3 is 10.1 Å². The van der Waals surface area contributed by atoms with Crippen LogP contribution >= 0.6 is 23.2 Å². The molecule has 2 aromatic rings. The van der Waals surface area contributed by atoms with Gasteiger partial charge in [-0.3, -0.25) is 4.79 Å². The molecule has 1 heterocycles. The third kappa shape index (κ3) is 2.82. The number of hydrogen-bond donors (Lipinski definition) is 2. The van der Waals surface area contributed by atoms with Crippen LogP contribution < -0.4 is 0 Å². The first-order chi connectivity index (χ1) is 9.86. The highest BCUT2D eigenvalue weighted by Gasteiger charge is 2.24. The minimum Gasteiger partial charge on any atom is -0.477 e. The number of H-pyrrole nitrogens is 1. The molecule has 0 amide bonds. The lowest BCUT2D eigenvalue weighted by molar-refractivity contribution is -0.131. The number of carboxylic acids is 1. The molecule has 0 saturated carbocycles. The second-order valence-corrected chi connectivity index (χ2v) is 5.40. The number of allylic oxidation sites excluding steroid dienone is 1. The number of ketones is 1. The van der Waals surface area contributed by atoms with Crippen LogP contribution in [0.5, 0.6) is 0 Å². The summed E-state index contributed by atoms with van der Waals surface area (Å²) in [6.07, 6.45) is 0.587. The zero-order chi connectivity index (χ0) is 15.7. The quantitative estimate of drug-likeness (QED) is 0.659. The number of carbonyl (C=O) groups is 2. The predicted octanol–water partition coefficient (Wildman–Crippen LogP) is 4.00. The van der Waals surface area contributed by atoms with Crippen molar-refractivity contribution in [3.63, 3.8) is 0 Å². The SMILES string of the molecule is CCc1[nH]c2ccc(C)cc2c1C(=O)/C(Cl)=C(\Cl)C(=O)O. The van der Waals surface area contributed by atoms with Crippen LogP contribution in [0.3, 0.4) is 0 Å². The number of aromatic nitrogens is 1. The Hall–Kier alpha value is -1.78. The Labute approximate surface area is 131 Å². The second-order valence-electron chi connectivity index (χ2n) is 4.64. The summed E-state index contributed by atoms with van der Waals surface area (Å²) in [6, 6.07) is 5.66. The lowest BCUT2D eigenvalue weighted by atomic mass is 10.0. The molecule has 0 aliphatic carbocycles. The summed E-state index contributed by atoms with van der Waals surface area (Å²) in [5.74, 6) is -2.01. The number of halogens is 2.